The van der Waals surface area contributed by atoms with Crippen molar-refractivity contribution in [3.05, 3.63) is 0 Å². The van der Waals surface area contributed by atoms with Gasteiger partial charge in [0.2, 0.25) is 0 Å². The molecule has 2 nitrogen and oxygen atoms in total. The van der Waals surface area contributed by atoms with Gasteiger partial charge in [0, 0.05) is 0 Å². The molecule has 0 rings (SSSR count). The SMILES string of the molecule is C#CC(=N)SC=N. The molecule has 0 saturated heterocycles. The molecule has 0 aliphatic heterocycles. The first-order valence-corrected chi connectivity index (χ1v) is 2.40. The Labute approximate surface area is 46.3 Å². The molecule has 2 N–H and O–H groups in total. The number of terminal acetylenes is 1. The van der Waals surface area contributed by atoms with Crippen molar-refractivity contribution in [3.63, 3.8) is 0 Å². The Morgan fingerprint density at radius 1 is 1.86 bits per heavy atom. The summed E-state index contributed by atoms with van der Waals surface area (Å²) < 4.78 is 0. The van der Waals surface area contributed by atoms with Crippen LogP contribution in [-0.4, -0.2) is 10.6 Å². The highest BCUT2D eigenvalue weighted by Gasteiger charge is 1.81. The molecule has 0 aromatic rings. The normalized spacial score (nSPS) is 6.71. The van der Waals surface area contributed by atoms with Crippen LogP contribution in [0.25, 0.3) is 0 Å². The summed E-state index contributed by atoms with van der Waals surface area (Å²) in [6.45, 7) is 0. The lowest BCUT2D eigenvalue weighted by Gasteiger charge is -1.78. The van der Waals surface area contributed by atoms with Gasteiger partial charge in [-0.2, -0.15) is 0 Å². The van der Waals surface area contributed by atoms with E-state index in [1.54, 1.807) is 0 Å². The molecule has 36 valence electrons. The van der Waals surface area contributed by atoms with E-state index in [1.807, 2.05) is 0 Å². The summed E-state index contributed by atoms with van der Waals surface area (Å²) in [5, 5.41) is 13.2. The van der Waals surface area contributed by atoms with Crippen LogP contribution in [0.4, 0.5) is 0 Å². The fraction of sp³-hybridized carbons (Fsp3) is 0. The van der Waals surface area contributed by atoms with Gasteiger partial charge < -0.3 is 5.41 Å². The van der Waals surface area contributed by atoms with E-state index in [1.165, 1.54) is 0 Å². The van der Waals surface area contributed by atoms with Gasteiger partial charge in [-0.05, 0) is 5.92 Å². The predicted octanol–water partition coefficient (Wildman–Crippen LogP) is 0.937. The Hall–Kier alpha value is -0.750. The van der Waals surface area contributed by atoms with Crippen molar-refractivity contribution in [3.8, 4) is 12.3 Å². The fourth-order valence-electron chi connectivity index (χ4n) is 0.0929. The van der Waals surface area contributed by atoms with E-state index in [4.69, 9.17) is 17.2 Å². The van der Waals surface area contributed by atoms with Crippen LogP contribution in [0, 0.1) is 23.2 Å². The molecule has 0 saturated carbocycles. The van der Waals surface area contributed by atoms with Crippen LogP contribution in [0.3, 0.4) is 0 Å². The number of nitrogens with one attached hydrogen (secondary N) is 2. The zero-order valence-electron chi connectivity index (χ0n) is 3.56. The fourth-order valence-corrected chi connectivity index (χ4v) is 0.279. The van der Waals surface area contributed by atoms with Crippen molar-refractivity contribution >= 4 is 22.4 Å². The number of rotatable bonds is 1. The Morgan fingerprint density at radius 3 is 2.57 bits per heavy atom. The van der Waals surface area contributed by atoms with Crippen molar-refractivity contribution in [1.29, 1.82) is 10.8 Å². The summed E-state index contributed by atoms with van der Waals surface area (Å²) in [5.74, 6) is 2.06. The summed E-state index contributed by atoms with van der Waals surface area (Å²) in [6, 6.07) is 0. The van der Waals surface area contributed by atoms with Gasteiger partial charge in [-0.15, -0.1) is 6.42 Å². The standard InChI is InChI=1S/C4H4N2S/c1-2-4(6)7-3-5/h1,3,5-6H. The zero-order valence-corrected chi connectivity index (χ0v) is 4.38. The van der Waals surface area contributed by atoms with E-state index in [2.05, 4.69) is 5.92 Å². The predicted molar refractivity (Wildman–Crippen MR) is 32.9 cm³/mol. The average molecular weight is 112 g/mol. The highest BCUT2D eigenvalue weighted by Crippen LogP contribution is 1.92. The molecule has 0 aliphatic rings. The molecule has 0 aromatic heterocycles. The Kier molecular flexibility index (Phi) is 3.07. The highest BCUT2D eigenvalue weighted by molar-refractivity contribution is 8.25. The van der Waals surface area contributed by atoms with Crippen LogP contribution >= 0.6 is 11.8 Å². The van der Waals surface area contributed by atoms with Crippen LogP contribution in [0.2, 0.25) is 0 Å². The molecule has 7 heavy (non-hydrogen) atoms. The summed E-state index contributed by atoms with van der Waals surface area (Å²) in [6.07, 6.45) is 4.76. The Morgan fingerprint density at radius 2 is 2.43 bits per heavy atom. The monoisotopic (exact) mass is 112 g/mol. The van der Waals surface area contributed by atoms with Crippen LogP contribution < -0.4 is 0 Å². The molecular weight excluding hydrogens is 108 g/mol. The zero-order chi connectivity index (χ0) is 5.70. The summed E-state index contributed by atoms with van der Waals surface area (Å²) in [5.41, 5.74) is 1.03. The first kappa shape index (κ1) is 6.25. The lowest BCUT2D eigenvalue weighted by Crippen LogP contribution is -1.78. The molecule has 0 unspecified atom stereocenters. The van der Waals surface area contributed by atoms with Crippen LogP contribution in [0.1, 0.15) is 0 Å². The topological polar surface area (TPSA) is 47.7 Å². The van der Waals surface area contributed by atoms with E-state index in [0.29, 0.717) is 0 Å². The van der Waals surface area contributed by atoms with E-state index >= 15 is 0 Å². The molecule has 0 atom stereocenters. The third-order valence-electron chi connectivity index (χ3n) is 0.308. The third kappa shape index (κ3) is 3.07. The second kappa shape index (κ2) is 3.44. The van der Waals surface area contributed by atoms with Crippen molar-refractivity contribution in [2.75, 3.05) is 0 Å². The van der Waals surface area contributed by atoms with Gasteiger partial charge in [-0.25, -0.2) is 0 Å². The number of hydrogen-bond donors (Lipinski definition) is 2. The minimum Gasteiger partial charge on any atom is -0.301 e. The highest BCUT2D eigenvalue weighted by atomic mass is 32.2. The van der Waals surface area contributed by atoms with E-state index in [-0.39, 0.29) is 5.04 Å². The molecule has 0 fully saturated rings. The molecule has 0 radical (unpaired) electrons. The van der Waals surface area contributed by atoms with Gasteiger partial charge in [0.1, 0.15) is 5.04 Å². The lowest BCUT2D eigenvalue weighted by atomic mass is 10.8. The van der Waals surface area contributed by atoms with Crippen LogP contribution in [0.15, 0.2) is 0 Å². The average Bonchev–Trinajstić information content (AvgIpc) is 1.68. The minimum atomic E-state index is 0.0787. The summed E-state index contributed by atoms with van der Waals surface area (Å²) >= 11 is 0.920. The second-order valence-electron chi connectivity index (χ2n) is 0.709. The maximum Gasteiger partial charge on any atom is 0.144 e. The van der Waals surface area contributed by atoms with Crippen LogP contribution in [-0.2, 0) is 0 Å². The summed E-state index contributed by atoms with van der Waals surface area (Å²) in [4.78, 5) is 0. The molecule has 0 heterocycles. The van der Waals surface area contributed by atoms with Crippen molar-refractivity contribution in [2.45, 2.75) is 0 Å². The summed E-state index contributed by atoms with van der Waals surface area (Å²) in [7, 11) is 0. The lowest BCUT2D eigenvalue weighted by molar-refractivity contribution is 1.58. The van der Waals surface area contributed by atoms with Crippen molar-refractivity contribution in [2.24, 2.45) is 0 Å². The maximum atomic E-state index is 6.71. The first-order valence-electron chi connectivity index (χ1n) is 1.52. The molecule has 3 heteroatoms. The van der Waals surface area contributed by atoms with Crippen molar-refractivity contribution in [1.82, 2.24) is 0 Å². The first-order chi connectivity index (χ1) is 3.31. The minimum absolute atomic E-state index is 0.0787. The van der Waals surface area contributed by atoms with Gasteiger partial charge in [0.05, 0.1) is 5.55 Å². The van der Waals surface area contributed by atoms with E-state index in [9.17, 15) is 0 Å². The largest absolute Gasteiger partial charge is 0.301 e. The molecule has 0 spiro atoms. The van der Waals surface area contributed by atoms with Gasteiger partial charge in [-0.3, -0.25) is 5.41 Å². The van der Waals surface area contributed by atoms with Gasteiger partial charge in [0.15, 0.2) is 0 Å². The van der Waals surface area contributed by atoms with Crippen molar-refractivity contribution < 1.29 is 0 Å². The van der Waals surface area contributed by atoms with E-state index in [0.717, 1.165) is 17.3 Å². The molecule has 0 aliphatic carbocycles. The van der Waals surface area contributed by atoms with Gasteiger partial charge >= 0.3 is 0 Å². The molecule has 0 aromatic carbocycles. The molecular formula is C4H4N2S. The van der Waals surface area contributed by atoms with E-state index < -0.39 is 0 Å². The van der Waals surface area contributed by atoms with Crippen LogP contribution in [0.5, 0.6) is 0 Å². The van der Waals surface area contributed by atoms with Gasteiger partial charge in [-0.1, -0.05) is 11.8 Å². The van der Waals surface area contributed by atoms with Gasteiger partial charge in [0.25, 0.3) is 0 Å². The smallest absolute Gasteiger partial charge is 0.144 e. The Balaban J connectivity index is 3.43. The quantitative estimate of drug-likeness (QED) is 0.296. The number of thioether (sulfide) groups is 1. The second-order valence-corrected chi connectivity index (χ2v) is 1.59. The Bertz CT molecular complexity index is 122. The number of hydrogen-bond acceptors (Lipinski definition) is 3. The molecule has 0 amide bonds. The third-order valence-corrected chi connectivity index (χ3v) is 0.779. The maximum absolute atomic E-state index is 6.71. The molecule has 0 bridgehead atoms.